The average Bonchev–Trinajstić information content (AvgIpc) is 3.32. The summed E-state index contributed by atoms with van der Waals surface area (Å²) in [5.41, 5.74) is 6.51. The zero-order valence-electron chi connectivity index (χ0n) is 15.3. The van der Waals surface area contributed by atoms with Crippen LogP contribution in [0.5, 0.6) is 0 Å². The van der Waals surface area contributed by atoms with E-state index in [-0.39, 0.29) is 11.7 Å². The van der Waals surface area contributed by atoms with Gasteiger partial charge < -0.3 is 9.32 Å². The fourth-order valence-electron chi connectivity index (χ4n) is 3.38. The van der Waals surface area contributed by atoms with Crippen LogP contribution in [-0.4, -0.2) is 25.2 Å². The molecule has 4 rings (SSSR count). The Labute approximate surface area is 180 Å². The molecule has 1 aliphatic heterocycles. The minimum atomic E-state index is -0.387. The number of halogens is 2. The monoisotopic (exact) mass is 503 g/mol. The Balaban J connectivity index is 1.46. The van der Waals surface area contributed by atoms with Crippen molar-refractivity contribution in [2.24, 2.45) is 5.10 Å². The summed E-state index contributed by atoms with van der Waals surface area (Å²) in [5, 5.41) is 4.93. The van der Waals surface area contributed by atoms with E-state index in [2.05, 4.69) is 66.3 Å². The second-order valence-corrected chi connectivity index (χ2v) is 8.62. The summed E-state index contributed by atoms with van der Waals surface area (Å²) in [7, 11) is 0. The fraction of sp³-hybridized carbons (Fsp3) is 0.238. The number of anilines is 1. The lowest BCUT2D eigenvalue weighted by Crippen LogP contribution is -2.18. The molecule has 1 aliphatic rings. The maximum atomic E-state index is 12.4. The van der Waals surface area contributed by atoms with Crippen molar-refractivity contribution >= 4 is 60.6 Å². The summed E-state index contributed by atoms with van der Waals surface area (Å²) >= 11 is 6.87. The molecule has 1 saturated heterocycles. The van der Waals surface area contributed by atoms with Crippen molar-refractivity contribution in [1.29, 1.82) is 0 Å². The number of carbonyl (C=O) groups is 1. The molecule has 0 bridgehead atoms. The van der Waals surface area contributed by atoms with Crippen LogP contribution in [0.25, 0.3) is 11.0 Å². The van der Waals surface area contributed by atoms with Crippen LogP contribution in [0.4, 0.5) is 5.69 Å². The third-order valence-electron chi connectivity index (χ3n) is 4.85. The first-order valence-electron chi connectivity index (χ1n) is 9.09. The highest BCUT2D eigenvalue weighted by Crippen LogP contribution is 2.31. The lowest BCUT2D eigenvalue weighted by molar-refractivity contribution is 0.0929. The maximum absolute atomic E-state index is 12.4. The number of amides is 1. The van der Waals surface area contributed by atoms with Gasteiger partial charge in [-0.2, -0.15) is 5.10 Å². The lowest BCUT2D eigenvalue weighted by atomic mass is 10.1. The van der Waals surface area contributed by atoms with Gasteiger partial charge >= 0.3 is 5.91 Å². The number of benzene rings is 2. The van der Waals surface area contributed by atoms with E-state index in [1.165, 1.54) is 18.5 Å². The largest absolute Gasteiger partial charge is 0.450 e. The molecule has 1 amide bonds. The summed E-state index contributed by atoms with van der Waals surface area (Å²) in [6.45, 7) is 4.29. The zero-order chi connectivity index (χ0) is 19.7. The van der Waals surface area contributed by atoms with E-state index in [0.717, 1.165) is 38.5 Å². The van der Waals surface area contributed by atoms with Crippen molar-refractivity contribution in [2.45, 2.75) is 19.8 Å². The normalized spacial score (nSPS) is 14.3. The average molecular weight is 505 g/mol. The number of nitrogens with one attached hydrogen (secondary N) is 1. The highest BCUT2D eigenvalue weighted by molar-refractivity contribution is 9.11. The quantitative estimate of drug-likeness (QED) is 0.370. The van der Waals surface area contributed by atoms with E-state index >= 15 is 0 Å². The zero-order valence-corrected chi connectivity index (χ0v) is 18.5. The van der Waals surface area contributed by atoms with Gasteiger partial charge in [0.2, 0.25) is 0 Å². The van der Waals surface area contributed by atoms with Gasteiger partial charge in [0.15, 0.2) is 5.76 Å². The molecular formula is C21H19Br2N3O2. The molecule has 0 unspecified atom stereocenters. The Morgan fingerprint density at radius 3 is 2.71 bits per heavy atom. The molecule has 3 aromatic rings. The molecule has 7 heteroatoms. The molecule has 144 valence electrons. The van der Waals surface area contributed by atoms with Crippen LogP contribution in [0, 0.1) is 6.92 Å². The van der Waals surface area contributed by atoms with Gasteiger partial charge in [0.1, 0.15) is 5.58 Å². The molecule has 0 aliphatic carbocycles. The molecule has 0 spiro atoms. The molecule has 2 aromatic carbocycles. The van der Waals surface area contributed by atoms with Gasteiger partial charge in [0.05, 0.1) is 10.7 Å². The molecule has 28 heavy (non-hydrogen) atoms. The van der Waals surface area contributed by atoms with Gasteiger partial charge in [0, 0.05) is 28.6 Å². The summed E-state index contributed by atoms with van der Waals surface area (Å²) < 4.78 is 7.35. The molecule has 2 heterocycles. The summed E-state index contributed by atoms with van der Waals surface area (Å²) in [6, 6.07) is 11.8. The Hall–Kier alpha value is -2.12. The molecule has 0 atom stereocenters. The van der Waals surface area contributed by atoms with Crippen molar-refractivity contribution in [2.75, 3.05) is 18.0 Å². The number of hydrazone groups is 1. The Kier molecular flexibility index (Phi) is 5.55. The first kappa shape index (κ1) is 19.2. The van der Waals surface area contributed by atoms with Crippen LogP contribution in [0.15, 0.2) is 54.9 Å². The van der Waals surface area contributed by atoms with Gasteiger partial charge in [-0.05, 0) is 77.2 Å². The topological polar surface area (TPSA) is 57.8 Å². The van der Waals surface area contributed by atoms with E-state index in [4.69, 9.17) is 4.42 Å². The minimum Gasteiger partial charge on any atom is -0.450 e. The molecule has 0 saturated carbocycles. The first-order chi connectivity index (χ1) is 13.5. The number of rotatable bonds is 4. The summed E-state index contributed by atoms with van der Waals surface area (Å²) in [6.07, 6.45) is 4.17. The van der Waals surface area contributed by atoms with Crippen molar-refractivity contribution < 1.29 is 9.21 Å². The molecule has 5 nitrogen and oxygen atoms in total. The second kappa shape index (κ2) is 8.09. The molecule has 1 fully saturated rings. The van der Waals surface area contributed by atoms with Crippen molar-refractivity contribution in [3.63, 3.8) is 0 Å². The van der Waals surface area contributed by atoms with E-state index in [1.807, 2.05) is 18.2 Å². The van der Waals surface area contributed by atoms with E-state index in [1.54, 1.807) is 12.3 Å². The SMILES string of the molecule is Cc1cc(N2CCCC2)ccc1/C=N/NC(=O)c1cc2cc(Br)cc(Br)c2o1. The van der Waals surface area contributed by atoms with Gasteiger partial charge in [-0.1, -0.05) is 22.0 Å². The number of hydrogen-bond acceptors (Lipinski definition) is 4. The Morgan fingerprint density at radius 2 is 1.96 bits per heavy atom. The first-order valence-corrected chi connectivity index (χ1v) is 10.7. The standard InChI is InChI=1S/C21H19Br2N3O2/c1-13-8-17(26-6-2-3-7-26)5-4-14(13)12-24-25-21(27)19-10-15-9-16(22)11-18(23)20(15)28-19/h4-5,8-12H,2-3,6-7H2,1H3,(H,25,27)/b24-12+. The predicted octanol–water partition coefficient (Wildman–Crippen LogP) is 5.63. The highest BCUT2D eigenvalue weighted by Gasteiger charge is 2.15. The van der Waals surface area contributed by atoms with E-state index < -0.39 is 0 Å². The van der Waals surface area contributed by atoms with Crippen LogP contribution in [0.3, 0.4) is 0 Å². The second-order valence-electron chi connectivity index (χ2n) is 6.85. The fourth-order valence-corrected chi connectivity index (χ4v) is 4.72. The summed E-state index contributed by atoms with van der Waals surface area (Å²) in [4.78, 5) is 14.8. The highest BCUT2D eigenvalue weighted by atomic mass is 79.9. The van der Waals surface area contributed by atoms with Gasteiger partial charge in [0.25, 0.3) is 0 Å². The molecule has 1 N–H and O–H groups in total. The van der Waals surface area contributed by atoms with Gasteiger partial charge in [-0.3, -0.25) is 4.79 Å². The van der Waals surface area contributed by atoms with Gasteiger partial charge in [-0.25, -0.2) is 5.43 Å². The summed E-state index contributed by atoms with van der Waals surface area (Å²) in [5.74, 6) is -0.172. The van der Waals surface area contributed by atoms with Crippen LogP contribution in [0.1, 0.15) is 34.5 Å². The predicted molar refractivity (Wildman–Crippen MR) is 119 cm³/mol. The van der Waals surface area contributed by atoms with Crippen LogP contribution in [-0.2, 0) is 0 Å². The lowest BCUT2D eigenvalue weighted by Gasteiger charge is -2.18. The van der Waals surface area contributed by atoms with E-state index in [0.29, 0.717) is 5.58 Å². The third-order valence-corrected chi connectivity index (χ3v) is 5.90. The smallest absolute Gasteiger partial charge is 0.307 e. The Morgan fingerprint density at radius 1 is 1.18 bits per heavy atom. The number of aryl methyl sites for hydroxylation is 1. The number of fused-ring (bicyclic) bond motifs is 1. The number of hydrogen-bond donors (Lipinski definition) is 1. The molecular weight excluding hydrogens is 486 g/mol. The van der Waals surface area contributed by atoms with Gasteiger partial charge in [-0.15, -0.1) is 0 Å². The van der Waals surface area contributed by atoms with Crippen molar-refractivity contribution in [3.05, 3.63) is 62.2 Å². The van der Waals surface area contributed by atoms with Crippen LogP contribution in [0.2, 0.25) is 0 Å². The van der Waals surface area contributed by atoms with Crippen molar-refractivity contribution in [1.82, 2.24) is 5.43 Å². The molecule has 1 aromatic heterocycles. The minimum absolute atomic E-state index is 0.215. The van der Waals surface area contributed by atoms with Crippen LogP contribution >= 0.6 is 31.9 Å². The van der Waals surface area contributed by atoms with Crippen LogP contribution < -0.4 is 10.3 Å². The number of carbonyl (C=O) groups excluding carboxylic acids is 1. The molecule has 0 radical (unpaired) electrons. The maximum Gasteiger partial charge on any atom is 0.307 e. The Bertz CT molecular complexity index is 1070. The van der Waals surface area contributed by atoms with E-state index in [9.17, 15) is 4.79 Å². The third kappa shape index (κ3) is 4.00. The number of furan rings is 1. The van der Waals surface area contributed by atoms with Crippen molar-refractivity contribution in [3.8, 4) is 0 Å². The number of nitrogens with zero attached hydrogens (tertiary/aromatic N) is 2.